The van der Waals surface area contributed by atoms with Crippen molar-refractivity contribution >= 4 is 0 Å². The molecule has 106 valence electrons. The molecule has 2 rings (SSSR count). The highest BCUT2D eigenvalue weighted by Gasteiger charge is 2.14. The fourth-order valence-corrected chi connectivity index (χ4v) is 2.59. The van der Waals surface area contributed by atoms with Gasteiger partial charge in [-0.1, -0.05) is 24.3 Å². The van der Waals surface area contributed by atoms with E-state index in [9.17, 15) is 0 Å². The number of hydrogen-bond acceptors (Lipinski definition) is 3. The Bertz CT molecular complexity index is 362. The molecule has 3 nitrogen and oxygen atoms in total. The van der Waals surface area contributed by atoms with Crippen molar-refractivity contribution in [2.75, 3.05) is 26.7 Å². The van der Waals surface area contributed by atoms with E-state index in [1.165, 1.54) is 24.0 Å². The van der Waals surface area contributed by atoms with Crippen molar-refractivity contribution in [3.05, 3.63) is 35.4 Å². The molecular weight excluding hydrogens is 236 g/mol. The fraction of sp³-hybridized carbons (Fsp3) is 0.625. The Morgan fingerprint density at radius 3 is 2.79 bits per heavy atom. The van der Waals surface area contributed by atoms with Gasteiger partial charge in [0.25, 0.3) is 0 Å². The Morgan fingerprint density at radius 1 is 1.21 bits per heavy atom. The smallest absolute Gasteiger partial charge is 0.0588 e. The molecule has 1 heterocycles. The number of benzene rings is 1. The van der Waals surface area contributed by atoms with Crippen LogP contribution in [0.1, 0.15) is 30.4 Å². The van der Waals surface area contributed by atoms with Crippen LogP contribution < -0.4 is 10.6 Å². The minimum absolute atomic E-state index is 0.493. The average Bonchev–Trinajstić information content (AvgIpc) is 2.95. The second-order valence-corrected chi connectivity index (χ2v) is 5.22. The first-order chi connectivity index (χ1) is 9.40. The molecule has 1 aliphatic heterocycles. The average molecular weight is 262 g/mol. The first kappa shape index (κ1) is 14.5. The molecule has 0 spiro atoms. The van der Waals surface area contributed by atoms with Gasteiger partial charge >= 0.3 is 0 Å². The van der Waals surface area contributed by atoms with Gasteiger partial charge in [-0.2, -0.15) is 0 Å². The number of ether oxygens (including phenoxy) is 1. The Balaban J connectivity index is 1.72. The summed E-state index contributed by atoms with van der Waals surface area (Å²) in [7, 11) is 2.00. The van der Waals surface area contributed by atoms with E-state index in [0.717, 1.165) is 39.1 Å². The van der Waals surface area contributed by atoms with E-state index < -0.39 is 0 Å². The lowest BCUT2D eigenvalue weighted by Gasteiger charge is -2.12. The maximum atomic E-state index is 5.63. The van der Waals surface area contributed by atoms with Crippen LogP contribution in [-0.4, -0.2) is 32.8 Å². The predicted molar refractivity (Wildman–Crippen MR) is 79.4 cm³/mol. The van der Waals surface area contributed by atoms with Crippen molar-refractivity contribution in [2.24, 2.45) is 0 Å². The summed E-state index contributed by atoms with van der Waals surface area (Å²) in [4.78, 5) is 0. The molecule has 0 bridgehead atoms. The third kappa shape index (κ3) is 4.94. The van der Waals surface area contributed by atoms with Gasteiger partial charge in [0.05, 0.1) is 6.10 Å². The van der Waals surface area contributed by atoms with Gasteiger partial charge in [-0.15, -0.1) is 0 Å². The van der Waals surface area contributed by atoms with E-state index >= 15 is 0 Å². The summed E-state index contributed by atoms with van der Waals surface area (Å²) in [6.07, 6.45) is 5.20. The van der Waals surface area contributed by atoms with Gasteiger partial charge in [0.2, 0.25) is 0 Å². The summed E-state index contributed by atoms with van der Waals surface area (Å²) in [5.41, 5.74) is 2.87. The first-order valence-corrected chi connectivity index (χ1v) is 7.44. The van der Waals surface area contributed by atoms with Crippen LogP contribution in [0.25, 0.3) is 0 Å². The van der Waals surface area contributed by atoms with Crippen molar-refractivity contribution in [3.8, 4) is 0 Å². The van der Waals surface area contributed by atoms with E-state index in [0.29, 0.717) is 6.10 Å². The largest absolute Gasteiger partial charge is 0.378 e. The monoisotopic (exact) mass is 262 g/mol. The van der Waals surface area contributed by atoms with E-state index in [1.807, 2.05) is 7.05 Å². The summed E-state index contributed by atoms with van der Waals surface area (Å²) >= 11 is 0. The van der Waals surface area contributed by atoms with Crippen LogP contribution in [0.5, 0.6) is 0 Å². The van der Waals surface area contributed by atoms with Gasteiger partial charge < -0.3 is 15.4 Å². The summed E-state index contributed by atoms with van der Waals surface area (Å²) in [5, 5.41) is 6.76. The SMILES string of the molecule is CNCCc1ccccc1CNCCC1CCCO1. The van der Waals surface area contributed by atoms with Crippen LogP contribution in [0.4, 0.5) is 0 Å². The molecule has 1 unspecified atom stereocenters. The zero-order valence-electron chi connectivity index (χ0n) is 12.0. The quantitative estimate of drug-likeness (QED) is 0.704. The molecule has 1 saturated heterocycles. The summed E-state index contributed by atoms with van der Waals surface area (Å²) in [6, 6.07) is 8.71. The second kappa shape index (κ2) is 8.31. The lowest BCUT2D eigenvalue weighted by atomic mass is 10.0. The van der Waals surface area contributed by atoms with Crippen LogP contribution in [0.15, 0.2) is 24.3 Å². The topological polar surface area (TPSA) is 33.3 Å². The van der Waals surface area contributed by atoms with Crippen molar-refractivity contribution in [3.63, 3.8) is 0 Å². The minimum atomic E-state index is 0.493. The minimum Gasteiger partial charge on any atom is -0.378 e. The standard InChI is InChI=1S/C16H26N2O/c1-17-10-8-14-5-2-3-6-15(14)13-18-11-9-16-7-4-12-19-16/h2-3,5-6,16-18H,4,7-13H2,1H3. The molecule has 1 fully saturated rings. The lowest BCUT2D eigenvalue weighted by molar-refractivity contribution is 0.104. The molecule has 1 aromatic carbocycles. The van der Waals surface area contributed by atoms with Crippen LogP contribution >= 0.6 is 0 Å². The molecular formula is C16H26N2O. The van der Waals surface area contributed by atoms with Crippen molar-refractivity contribution < 1.29 is 4.74 Å². The molecule has 0 saturated carbocycles. The van der Waals surface area contributed by atoms with Crippen LogP contribution in [0.2, 0.25) is 0 Å². The molecule has 0 aliphatic carbocycles. The third-order valence-corrected chi connectivity index (χ3v) is 3.75. The molecule has 2 N–H and O–H groups in total. The molecule has 0 amide bonds. The Labute approximate surface area is 116 Å². The highest BCUT2D eigenvalue weighted by Crippen LogP contribution is 2.14. The summed E-state index contributed by atoms with van der Waals surface area (Å²) in [5.74, 6) is 0. The van der Waals surface area contributed by atoms with Gasteiger partial charge in [-0.05, 0) is 56.9 Å². The Hall–Kier alpha value is -0.900. The fourth-order valence-electron chi connectivity index (χ4n) is 2.59. The van der Waals surface area contributed by atoms with Gasteiger partial charge in [-0.3, -0.25) is 0 Å². The molecule has 0 radical (unpaired) electrons. The first-order valence-electron chi connectivity index (χ1n) is 7.44. The molecule has 3 heteroatoms. The Kier molecular flexibility index (Phi) is 6.34. The van der Waals surface area contributed by atoms with Crippen molar-refractivity contribution in [2.45, 2.75) is 38.3 Å². The summed E-state index contributed by atoms with van der Waals surface area (Å²) in [6.45, 7) is 4.00. The van der Waals surface area contributed by atoms with Crippen LogP contribution in [-0.2, 0) is 17.7 Å². The highest BCUT2D eigenvalue weighted by atomic mass is 16.5. The van der Waals surface area contributed by atoms with E-state index in [1.54, 1.807) is 0 Å². The number of likely N-dealkylation sites (N-methyl/N-ethyl adjacent to an activating group) is 1. The van der Waals surface area contributed by atoms with Crippen LogP contribution in [0.3, 0.4) is 0 Å². The van der Waals surface area contributed by atoms with Gasteiger partial charge in [0.1, 0.15) is 0 Å². The molecule has 1 aromatic rings. The van der Waals surface area contributed by atoms with E-state index in [4.69, 9.17) is 4.74 Å². The summed E-state index contributed by atoms with van der Waals surface area (Å²) < 4.78 is 5.63. The molecule has 0 aromatic heterocycles. The lowest BCUT2D eigenvalue weighted by Crippen LogP contribution is -2.21. The molecule has 19 heavy (non-hydrogen) atoms. The number of nitrogens with one attached hydrogen (secondary N) is 2. The highest BCUT2D eigenvalue weighted by molar-refractivity contribution is 5.27. The molecule has 1 aliphatic rings. The van der Waals surface area contributed by atoms with Crippen molar-refractivity contribution in [1.29, 1.82) is 0 Å². The predicted octanol–water partition coefficient (Wildman–Crippen LogP) is 2.11. The Morgan fingerprint density at radius 2 is 2.05 bits per heavy atom. The third-order valence-electron chi connectivity index (χ3n) is 3.75. The van der Waals surface area contributed by atoms with Gasteiger partial charge in [0, 0.05) is 13.2 Å². The van der Waals surface area contributed by atoms with Gasteiger partial charge in [0.15, 0.2) is 0 Å². The normalized spacial score (nSPS) is 18.9. The maximum Gasteiger partial charge on any atom is 0.0588 e. The van der Waals surface area contributed by atoms with E-state index in [2.05, 4.69) is 34.9 Å². The number of rotatable bonds is 8. The second-order valence-electron chi connectivity index (χ2n) is 5.22. The zero-order valence-corrected chi connectivity index (χ0v) is 12.0. The molecule has 1 atom stereocenters. The van der Waals surface area contributed by atoms with Crippen molar-refractivity contribution in [1.82, 2.24) is 10.6 Å². The maximum absolute atomic E-state index is 5.63. The number of hydrogen-bond donors (Lipinski definition) is 2. The zero-order chi connectivity index (χ0) is 13.3. The van der Waals surface area contributed by atoms with Crippen LogP contribution in [0, 0.1) is 0 Å². The van der Waals surface area contributed by atoms with E-state index in [-0.39, 0.29) is 0 Å². The van der Waals surface area contributed by atoms with Gasteiger partial charge in [-0.25, -0.2) is 0 Å².